The predicted octanol–water partition coefficient (Wildman–Crippen LogP) is 3.72. The SMILES string of the molecule is COc1cc(C)cc(C)c1C1CCCCC(O)C1. The second-order valence-corrected chi connectivity index (χ2v) is 5.57. The Morgan fingerprint density at radius 3 is 2.61 bits per heavy atom. The van der Waals surface area contributed by atoms with E-state index >= 15 is 0 Å². The molecule has 0 aromatic heterocycles. The van der Waals surface area contributed by atoms with E-state index in [4.69, 9.17) is 4.74 Å². The molecule has 2 unspecified atom stereocenters. The Morgan fingerprint density at radius 2 is 1.89 bits per heavy atom. The molecule has 0 aliphatic heterocycles. The molecule has 2 heteroatoms. The monoisotopic (exact) mass is 248 g/mol. The van der Waals surface area contributed by atoms with Gasteiger partial charge in [0, 0.05) is 5.56 Å². The zero-order valence-electron chi connectivity index (χ0n) is 11.7. The molecule has 1 saturated carbocycles. The summed E-state index contributed by atoms with van der Waals surface area (Å²) in [5, 5.41) is 9.99. The molecule has 0 spiro atoms. The van der Waals surface area contributed by atoms with Gasteiger partial charge in [0.25, 0.3) is 0 Å². The zero-order chi connectivity index (χ0) is 13.1. The van der Waals surface area contributed by atoms with Crippen LogP contribution in [0.2, 0.25) is 0 Å². The third kappa shape index (κ3) is 2.86. The number of benzene rings is 1. The number of aliphatic hydroxyl groups excluding tert-OH is 1. The van der Waals surface area contributed by atoms with E-state index in [1.54, 1.807) is 7.11 Å². The molecule has 1 aromatic rings. The smallest absolute Gasteiger partial charge is 0.122 e. The maximum atomic E-state index is 9.99. The van der Waals surface area contributed by atoms with E-state index in [1.807, 2.05) is 0 Å². The van der Waals surface area contributed by atoms with Crippen molar-refractivity contribution < 1.29 is 9.84 Å². The summed E-state index contributed by atoms with van der Waals surface area (Å²) < 4.78 is 5.55. The van der Waals surface area contributed by atoms with E-state index in [0.29, 0.717) is 5.92 Å². The molecule has 2 rings (SSSR count). The highest BCUT2D eigenvalue weighted by Crippen LogP contribution is 2.39. The lowest BCUT2D eigenvalue weighted by Gasteiger charge is -2.22. The molecule has 0 bridgehead atoms. The highest BCUT2D eigenvalue weighted by atomic mass is 16.5. The maximum absolute atomic E-state index is 9.99. The van der Waals surface area contributed by atoms with E-state index in [-0.39, 0.29) is 6.10 Å². The summed E-state index contributed by atoms with van der Waals surface area (Å²) in [6, 6.07) is 4.33. The first-order valence-corrected chi connectivity index (χ1v) is 6.95. The van der Waals surface area contributed by atoms with Crippen LogP contribution >= 0.6 is 0 Å². The van der Waals surface area contributed by atoms with Crippen LogP contribution in [0.25, 0.3) is 0 Å². The van der Waals surface area contributed by atoms with Crippen molar-refractivity contribution in [1.29, 1.82) is 0 Å². The first-order chi connectivity index (χ1) is 8.61. The summed E-state index contributed by atoms with van der Waals surface area (Å²) in [4.78, 5) is 0. The molecule has 0 saturated heterocycles. The standard InChI is InChI=1S/C16H24O2/c1-11-8-12(2)16(15(9-11)18-3)13-6-4-5-7-14(17)10-13/h8-9,13-14,17H,4-7,10H2,1-3H3. The van der Waals surface area contributed by atoms with E-state index < -0.39 is 0 Å². The number of aryl methyl sites for hydroxylation is 2. The second-order valence-electron chi connectivity index (χ2n) is 5.57. The lowest BCUT2D eigenvalue weighted by Crippen LogP contribution is -2.11. The summed E-state index contributed by atoms with van der Waals surface area (Å²) in [6.45, 7) is 4.25. The van der Waals surface area contributed by atoms with E-state index in [2.05, 4.69) is 26.0 Å². The number of ether oxygens (including phenoxy) is 1. The van der Waals surface area contributed by atoms with Crippen molar-refractivity contribution in [3.8, 4) is 5.75 Å². The van der Waals surface area contributed by atoms with Crippen molar-refractivity contribution in [2.24, 2.45) is 0 Å². The van der Waals surface area contributed by atoms with Gasteiger partial charge in [-0.15, -0.1) is 0 Å². The average Bonchev–Trinajstić information content (AvgIpc) is 2.52. The molecule has 2 atom stereocenters. The fraction of sp³-hybridized carbons (Fsp3) is 0.625. The molecule has 1 aromatic carbocycles. The quantitative estimate of drug-likeness (QED) is 0.808. The van der Waals surface area contributed by atoms with E-state index in [9.17, 15) is 5.11 Å². The van der Waals surface area contributed by atoms with Gasteiger partial charge in [0.1, 0.15) is 5.75 Å². The number of aliphatic hydroxyl groups is 1. The van der Waals surface area contributed by atoms with Gasteiger partial charge in [-0.3, -0.25) is 0 Å². The van der Waals surface area contributed by atoms with Gasteiger partial charge in [-0.1, -0.05) is 18.9 Å². The number of methoxy groups -OCH3 is 1. The fourth-order valence-corrected chi connectivity index (χ4v) is 3.23. The summed E-state index contributed by atoms with van der Waals surface area (Å²) in [6.07, 6.45) is 5.19. The average molecular weight is 248 g/mol. The van der Waals surface area contributed by atoms with E-state index in [0.717, 1.165) is 31.4 Å². The lowest BCUT2D eigenvalue weighted by molar-refractivity contribution is 0.151. The minimum absolute atomic E-state index is 0.150. The molecule has 18 heavy (non-hydrogen) atoms. The van der Waals surface area contributed by atoms with Gasteiger partial charge < -0.3 is 9.84 Å². The van der Waals surface area contributed by atoms with Crippen LogP contribution in [0, 0.1) is 13.8 Å². The van der Waals surface area contributed by atoms with Gasteiger partial charge in [0.15, 0.2) is 0 Å². The van der Waals surface area contributed by atoms with Gasteiger partial charge in [-0.05, 0) is 56.2 Å². The van der Waals surface area contributed by atoms with Gasteiger partial charge in [-0.25, -0.2) is 0 Å². The largest absolute Gasteiger partial charge is 0.496 e. The van der Waals surface area contributed by atoms with Crippen molar-refractivity contribution >= 4 is 0 Å². The number of rotatable bonds is 2. The number of hydrogen-bond donors (Lipinski definition) is 1. The van der Waals surface area contributed by atoms with Crippen LogP contribution in [-0.2, 0) is 0 Å². The van der Waals surface area contributed by atoms with Gasteiger partial charge in [0.2, 0.25) is 0 Å². The normalized spacial score (nSPS) is 24.7. The zero-order valence-corrected chi connectivity index (χ0v) is 11.7. The van der Waals surface area contributed by atoms with Crippen LogP contribution in [0.4, 0.5) is 0 Å². The van der Waals surface area contributed by atoms with Crippen LogP contribution in [0.5, 0.6) is 5.75 Å². The van der Waals surface area contributed by atoms with Crippen LogP contribution in [0.1, 0.15) is 54.7 Å². The van der Waals surface area contributed by atoms with Gasteiger partial charge >= 0.3 is 0 Å². The molecule has 0 amide bonds. The molecular weight excluding hydrogens is 224 g/mol. The molecule has 2 nitrogen and oxygen atoms in total. The number of hydrogen-bond acceptors (Lipinski definition) is 2. The Hall–Kier alpha value is -1.02. The van der Waals surface area contributed by atoms with Crippen LogP contribution in [-0.4, -0.2) is 18.3 Å². The molecule has 100 valence electrons. The maximum Gasteiger partial charge on any atom is 0.122 e. The first kappa shape index (κ1) is 13.4. The molecule has 1 fully saturated rings. The van der Waals surface area contributed by atoms with Gasteiger partial charge in [0.05, 0.1) is 13.2 Å². The lowest BCUT2D eigenvalue weighted by atomic mass is 9.86. The van der Waals surface area contributed by atoms with Crippen molar-refractivity contribution in [3.63, 3.8) is 0 Å². The van der Waals surface area contributed by atoms with Crippen LogP contribution in [0.15, 0.2) is 12.1 Å². The minimum atomic E-state index is -0.150. The van der Waals surface area contributed by atoms with Crippen LogP contribution < -0.4 is 4.74 Å². The molecule has 0 radical (unpaired) electrons. The van der Waals surface area contributed by atoms with E-state index in [1.165, 1.54) is 23.1 Å². The Balaban J connectivity index is 2.36. The van der Waals surface area contributed by atoms with Crippen molar-refractivity contribution in [3.05, 3.63) is 28.8 Å². The van der Waals surface area contributed by atoms with Crippen LogP contribution in [0.3, 0.4) is 0 Å². The summed E-state index contributed by atoms with van der Waals surface area (Å²) in [5.41, 5.74) is 3.84. The third-order valence-electron chi connectivity index (χ3n) is 4.02. The highest BCUT2D eigenvalue weighted by Gasteiger charge is 2.24. The third-order valence-corrected chi connectivity index (χ3v) is 4.02. The molecular formula is C16H24O2. The second kappa shape index (κ2) is 5.75. The van der Waals surface area contributed by atoms with Crippen molar-refractivity contribution in [1.82, 2.24) is 0 Å². The summed E-state index contributed by atoms with van der Waals surface area (Å²) in [5.74, 6) is 1.43. The predicted molar refractivity (Wildman–Crippen MR) is 74.3 cm³/mol. The van der Waals surface area contributed by atoms with Crippen molar-refractivity contribution in [2.75, 3.05) is 7.11 Å². The topological polar surface area (TPSA) is 29.5 Å². The Labute approximate surface area is 110 Å². The molecule has 1 aliphatic rings. The van der Waals surface area contributed by atoms with Crippen molar-refractivity contribution in [2.45, 2.75) is 58.0 Å². The van der Waals surface area contributed by atoms with Gasteiger partial charge in [-0.2, -0.15) is 0 Å². The minimum Gasteiger partial charge on any atom is -0.496 e. The molecule has 0 heterocycles. The Bertz CT molecular complexity index is 412. The Kier molecular flexibility index (Phi) is 4.28. The highest BCUT2D eigenvalue weighted by molar-refractivity contribution is 5.45. The fourth-order valence-electron chi connectivity index (χ4n) is 3.23. The summed E-state index contributed by atoms with van der Waals surface area (Å²) in [7, 11) is 1.74. The molecule has 1 aliphatic carbocycles. The summed E-state index contributed by atoms with van der Waals surface area (Å²) >= 11 is 0. The Morgan fingerprint density at radius 1 is 1.17 bits per heavy atom. The first-order valence-electron chi connectivity index (χ1n) is 6.95. The molecule has 1 N–H and O–H groups in total.